The molecular formula is C25H29ClN4O3S. The lowest BCUT2D eigenvalue weighted by molar-refractivity contribution is -0.134. The van der Waals surface area contributed by atoms with Crippen molar-refractivity contribution in [3.8, 4) is 0 Å². The molecule has 7 nitrogen and oxygen atoms in total. The number of carbonyl (C=O) groups excluding carboxylic acids is 3. The largest absolute Gasteiger partial charge is 0.343 e. The van der Waals surface area contributed by atoms with E-state index in [1.165, 1.54) is 16.9 Å². The topological polar surface area (TPSA) is 73.8 Å². The Hall–Kier alpha value is -2.45. The van der Waals surface area contributed by atoms with Gasteiger partial charge in [-0.25, -0.2) is 4.98 Å². The Bertz CT molecular complexity index is 1130. The quantitative estimate of drug-likeness (QED) is 0.609. The molecule has 0 bridgehead atoms. The van der Waals surface area contributed by atoms with Crippen LogP contribution in [-0.4, -0.2) is 65.2 Å². The van der Waals surface area contributed by atoms with Gasteiger partial charge in [-0.3, -0.25) is 14.4 Å². The van der Waals surface area contributed by atoms with Crippen molar-refractivity contribution in [1.82, 2.24) is 14.8 Å². The van der Waals surface area contributed by atoms with Crippen LogP contribution >= 0.6 is 22.9 Å². The highest BCUT2D eigenvalue weighted by Crippen LogP contribution is 2.47. The Morgan fingerprint density at radius 3 is 2.59 bits per heavy atom. The van der Waals surface area contributed by atoms with E-state index in [4.69, 9.17) is 11.6 Å². The van der Waals surface area contributed by atoms with Gasteiger partial charge in [0, 0.05) is 57.2 Å². The van der Waals surface area contributed by atoms with Crippen LogP contribution in [0.4, 0.5) is 5.69 Å². The second-order valence-corrected chi connectivity index (χ2v) is 11.4. The molecule has 0 radical (unpaired) electrons. The van der Waals surface area contributed by atoms with Crippen molar-refractivity contribution in [2.75, 3.05) is 37.6 Å². The van der Waals surface area contributed by atoms with Crippen molar-refractivity contribution in [3.05, 3.63) is 44.9 Å². The van der Waals surface area contributed by atoms with Gasteiger partial charge in [-0.05, 0) is 42.9 Å². The van der Waals surface area contributed by atoms with E-state index in [0.717, 1.165) is 50.0 Å². The molecule has 3 aliphatic rings. The summed E-state index contributed by atoms with van der Waals surface area (Å²) < 4.78 is 0.575. The van der Waals surface area contributed by atoms with Crippen LogP contribution < -0.4 is 4.90 Å². The highest BCUT2D eigenvalue weighted by molar-refractivity contribution is 7.15. The average Bonchev–Trinajstić information content (AvgIpc) is 3.45. The lowest BCUT2D eigenvalue weighted by atomic mass is 9.80. The fraction of sp³-hybridized carbons (Fsp3) is 0.520. The fourth-order valence-electron chi connectivity index (χ4n) is 5.35. The summed E-state index contributed by atoms with van der Waals surface area (Å²) in [5, 5.41) is 0.706. The molecule has 1 aromatic carbocycles. The maximum absolute atomic E-state index is 13.3. The summed E-state index contributed by atoms with van der Waals surface area (Å²) in [4.78, 5) is 47.5. The number of rotatable bonds is 6. The number of benzene rings is 1. The van der Waals surface area contributed by atoms with Gasteiger partial charge in [0.15, 0.2) is 0 Å². The minimum Gasteiger partial charge on any atom is -0.343 e. The van der Waals surface area contributed by atoms with E-state index in [0.29, 0.717) is 35.4 Å². The van der Waals surface area contributed by atoms with Crippen molar-refractivity contribution >= 4 is 46.3 Å². The van der Waals surface area contributed by atoms with Crippen LogP contribution in [0.1, 0.15) is 48.7 Å². The fourth-order valence-corrected chi connectivity index (χ4v) is 6.29. The number of amides is 3. The van der Waals surface area contributed by atoms with Gasteiger partial charge in [-0.1, -0.05) is 23.7 Å². The predicted octanol–water partition coefficient (Wildman–Crippen LogP) is 3.43. The number of aryl methyl sites for hydroxylation is 1. The molecule has 0 aliphatic carbocycles. The van der Waals surface area contributed by atoms with Gasteiger partial charge in [0.1, 0.15) is 9.34 Å². The first-order chi connectivity index (χ1) is 16.3. The summed E-state index contributed by atoms with van der Waals surface area (Å²) in [7, 11) is 0. The van der Waals surface area contributed by atoms with Crippen molar-refractivity contribution in [2.24, 2.45) is 0 Å². The number of halogens is 1. The van der Waals surface area contributed by atoms with E-state index in [1.54, 1.807) is 13.1 Å². The van der Waals surface area contributed by atoms with Gasteiger partial charge in [-0.15, -0.1) is 11.3 Å². The second kappa shape index (κ2) is 9.30. The summed E-state index contributed by atoms with van der Waals surface area (Å²) in [6.07, 6.45) is 5.95. The number of thiazole rings is 1. The van der Waals surface area contributed by atoms with Gasteiger partial charge in [0.25, 0.3) is 0 Å². The summed E-state index contributed by atoms with van der Waals surface area (Å²) >= 11 is 7.33. The molecule has 2 aromatic rings. The van der Waals surface area contributed by atoms with E-state index < -0.39 is 0 Å². The highest BCUT2D eigenvalue weighted by atomic mass is 35.5. The third kappa shape index (κ3) is 4.45. The molecule has 2 saturated heterocycles. The van der Waals surface area contributed by atoms with Crippen LogP contribution in [0.15, 0.2) is 24.4 Å². The van der Waals surface area contributed by atoms with E-state index in [-0.39, 0.29) is 29.6 Å². The Kier molecular flexibility index (Phi) is 6.37. The molecule has 0 saturated carbocycles. The molecule has 3 amide bonds. The molecule has 2 fully saturated rings. The van der Waals surface area contributed by atoms with Crippen molar-refractivity contribution in [3.63, 3.8) is 0 Å². The average molecular weight is 501 g/mol. The molecule has 1 aromatic heterocycles. The Morgan fingerprint density at radius 1 is 1.12 bits per heavy atom. The smallest absolute Gasteiger partial charge is 0.233 e. The lowest BCUT2D eigenvalue weighted by Gasteiger charge is -2.30. The van der Waals surface area contributed by atoms with E-state index >= 15 is 0 Å². The first kappa shape index (κ1) is 23.3. The molecule has 4 heterocycles. The van der Waals surface area contributed by atoms with Crippen molar-refractivity contribution in [1.29, 1.82) is 0 Å². The number of carbonyl (C=O) groups is 3. The van der Waals surface area contributed by atoms with Crippen LogP contribution in [0.2, 0.25) is 4.34 Å². The molecule has 5 rings (SSSR count). The number of hydrogen-bond acceptors (Lipinski definition) is 5. The molecule has 1 unspecified atom stereocenters. The number of anilines is 1. The van der Waals surface area contributed by atoms with E-state index in [2.05, 4.69) is 17.1 Å². The first-order valence-electron chi connectivity index (χ1n) is 11.9. The predicted molar refractivity (Wildman–Crippen MR) is 132 cm³/mol. The third-order valence-corrected chi connectivity index (χ3v) is 8.49. The van der Waals surface area contributed by atoms with Crippen molar-refractivity contribution in [2.45, 2.75) is 50.9 Å². The summed E-state index contributed by atoms with van der Waals surface area (Å²) in [5.41, 5.74) is 3.00. The molecule has 0 N–H and O–H groups in total. The maximum Gasteiger partial charge on any atom is 0.233 e. The number of fused-ring (bicyclic) bond motifs is 2. The zero-order valence-corrected chi connectivity index (χ0v) is 21.0. The molecule has 180 valence electrons. The molecular weight excluding hydrogens is 472 g/mol. The third-order valence-electron chi connectivity index (χ3n) is 7.38. The highest BCUT2D eigenvalue weighted by Gasteiger charge is 2.49. The van der Waals surface area contributed by atoms with Gasteiger partial charge in [0.05, 0.1) is 12.6 Å². The Morgan fingerprint density at radius 2 is 1.94 bits per heavy atom. The second-order valence-electron chi connectivity index (χ2n) is 9.63. The summed E-state index contributed by atoms with van der Waals surface area (Å²) in [6.45, 7) is 5.29. The summed E-state index contributed by atoms with van der Waals surface area (Å²) in [5.74, 6) is 0.315. The van der Waals surface area contributed by atoms with Crippen LogP contribution in [0.3, 0.4) is 0 Å². The molecule has 1 spiro atoms. The Balaban J connectivity index is 1.36. The molecule has 3 aliphatic heterocycles. The summed E-state index contributed by atoms with van der Waals surface area (Å²) in [6, 6.07) is 6.32. The van der Waals surface area contributed by atoms with E-state index in [9.17, 15) is 14.4 Å². The molecule has 9 heteroatoms. The molecule has 1 atom stereocenters. The normalized spacial score (nSPS) is 21.2. The van der Waals surface area contributed by atoms with Crippen LogP contribution in [0, 0.1) is 0 Å². The minimum atomic E-state index is -0.249. The van der Waals surface area contributed by atoms with E-state index in [1.807, 2.05) is 20.8 Å². The van der Waals surface area contributed by atoms with Crippen LogP contribution in [-0.2, 0) is 32.6 Å². The number of likely N-dealkylation sites (tertiary alicyclic amines) is 2. The van der Waals surface area contributed by atoms with Gasteiger partial charge >= 0.3 is 0 Å². The van der Waals surface area contributed by atoms with Crippen LogP contribution in [0.25, 0.3) is 0 Å². The SMILES string of the molecule is CC(=O)N1CCC2(C1)CN(C(=O)Cc1ncc(Cl)s1)c1ccc(CCCC(=O)N3CCC3)cc12. The zero-order valence-electron chi connectivity index (χ0n) is 19.4. The zero-order chi connectivity index (χ0) is 23.9. The minimum absolute atomic E-state index is 0.00156. The van der Waals surface area contributed by atoms with Crippen LogP contribution in [0.5, 0.6) is 0 Å². The van der Waals surface area contributed by atoms with Gasteiger partial charge in [0.2, 0.25) is 17.7 Å². The number of aromatic nitrogens is 1. The standard InChI is InChI=1S/C25H29ClN4O3S/c1-17(31)29-11-8-25(15-29)16-30(24(33)13-22-27-14-21(26)34-22)20-7-6-18(12-19(20)25)4-2-5-23(32)28-9-3-10-28/h6-7,12,14H,2-5,8-11,13,15-16H2,1H3. The van der Waals surface area contributed by atoms with Gasteiger partial charge in [-0.2, -0.15) is 0 Å². The maximum atomic E-state index is 13.3. The Labute approximate surface area is 208 Å². The number of hydrogen-bond donors (Lipinski definition) is 0. The van der Waals surface area contributed by atoms with Crippen molar-refractivity contribution < 1.29 is 14.4 Å². The molecule has 34 heavy (non-hydrogen) atoms. The first-order valence-corrected chi connectivity index (χ1v) is 13.1. The lowest BCUT2D eigenvalue weighted by Crippen LogP contribution is -2.41. The monoisotopic (exact) mass is 500 g/mol. The number of nitrogens with zero attached hydrogens (tertiary/aromatic N) is 4. The van der Waals surface area contributed by atoms with Gasteiger partial charge < -0.3 is 14.7 Å².